The average Bonchev–Trinajstić information content (AvgIpc) is 2.09. The van der Waals surface area contributed by atoms with Crippen molar-refractivity contribution in [2.24, 2.45) is 16.5 Å². The lowest BCUT2D eigenvalue weighted by atomic mass is 10.3. The standard InChI is InChI=1S/C8H18N4.2ClH/c1-2-6-11-8(10)12-7-4-3-5-9;;/h2H,1,3-7,9H2,(H3,10,11,12);2*1H. The second-order valence-corrected chi connectivity index (χ2v) is 2.43. The third-order valence-electron chi connectivity index (χ3n) is 1.32. The van der Waals surface area contributed by atoms with Crippen LogP contribution in [0.1, 0.15) is 12.8 Å². The minimum absolute atomic E-state index is 0. The highest BCUT2D eigenvalue weighted by Crippen LogP contribution is 1.85. The fourth-order valence-electron chi connectivity index (χ4n) is 0.688. The zero-order valence-electron chi connectivity index (χ0n) is 8.24. The van der Waals surface area contributed by atoms with Crippen LogP contribution in [0.15, 0.2) is 17.6 Å². The van der Waals surface area contributed by atoms with E-state index < -0.39 is 0 Å². The number of halogens is 2. The first-order valence-corrected chi connectivity index (χ1v) is 4.16. The van der Waals surface area contributed by atoms with Crippen molar-refractivity contribution < 1.29 is 0 Å². The van der Waals surface area contributed by atoms with E-state index in [2.05, 4.69) is 16.9 Å². The Bertz CT molecular complexity index is 150. The molecule has 86 valence electrons. The number of aliphatic imine (C=N–C) groups is 1. The van der Waals surface area contributed by atoms with E-state index in [4.69, 9.17) is 11.5 Å². The summed E-state index contributed by atoms with van der Waals surface area (Å²) >= 11 is 0. The van der Waals surface area contributed by atoms with Gasteiger partial charge in [-0.05, 0) is 19.4 Å². The van der Waals surface area contributed by atoms with Gasteiger partial charge in [0.1, 0.15) is 0 Å². The molecule has 0 fully saturated rings. The van der Waals surface area contributed by atoms with Crippen LogP contribution in [-0.2, 0) is 0 Å². The Kier molecular flexibility index (Phi) is 20.6. The highest BCUT2D eigenvalue weighted by atomic mass is 35.5. The van der Waals surface area contributed by atoms with Crippen molar-refractivity contribution in [2.45, 2.75) is 12.8 Å². The monoisotopic (exact) mass is 242 g/mol. The molecule has 0 radical (unpaired) electrons. The summed E-state index contributed by atoms with van der Waals surface area (Å²) in [6, 6.07) is 0. The van der Waals surface area contributed by atoms with E-state index in [1.807, 2.05) is 0 Å². The smallest absolute Gasteiger partial charge is 0.188 e. The molecule has 0 aliphatic carbocycles. The van der Waals surface area contributed by atoms with Crippen molar-refractivity contribution in [3.05, 3.63) is 12.7 Å². The molecule has 5 N–H and O–H groups in total. The predicted octanol–water partition coefficient (Wildman–Crippen LogP) is 0.659. The summed E-state index contributed by atoms with van der Waals surface area (Å²) in [5.74, 6) is 0.479. The molecule has 0 atom stereocenters. The maximum Gasteiger partial charge on any atom is 0.188 e. The summed E-state index contributed by atoms with van der Waals surface area (Å²) in [5.41, 5.74) is 10.8. The van der Waals surface area contributed by atoms with Gasteiger partial charge in [0.2, 0.25) is 0 Å². The summed E-state index contributed by atoms with van der Waals surface area (Å²) in [6.07, 6.45) is 3.73. The highest BCUT2D eigenvalue weighted by molar-refractivity contribution is 5.85. The topological polar surface area (TPSA) is 76.4 Å². The van der Waals surface area contributed by atoms with Crippen molar-refractivity contribution in [1.82, 2.24) is 5.32 Å². The van der Waals surface area contributed by atoms with Crippen molar-refractivity contribution in [2.75, 3.05) is 19.6 Å². The van der Waals surface area contributed by atoms with Gasteiger partial charge in [0, 0.05) is 13.1 Å². The first kappa shape index (κ1) is 19.2. The maximum atomic E-state index is 5.50. The Hall–Kier alpha value is -0.450. The molecular formula is C8H20Cl2N4. The zero-order chi connectivity index (χ0) is 9.23. The average molecular weight is 243 g/mol. The summed E-state index contributed by atoms with van der Waals surface area (Å²) in [6.45, 7) is 5.67. The molecule has 14 heavy (non-hydrogen) atoms. The SMILES string of the molecule is C=CCNC(N)=NCCCCN.Cl.Cl. The van der Waals surface area contributed by atoms with Crippen molar-refractivity contribution in [1.29, 1.82) is 0 Å². The molecule has 0 saturated carbocycles. The number of rotatable bonds is 6. The Labute approximate surface area is 98.0 Å². The van der Waals surface area contributed by atoms with Crippen LogP contribution in [0.25, 0.3) is 0 Å². The number of unbranched alkanes of at least 4 members (excludes halogenated alkanes) is 1. The van der Waals surface area contributed by atoms with Gasteiger partial charge in [-0.25, -0.2) is 0 Å². The van der Waals surface area contributed by atoms with E-state index in [0.29, 0.717) is 12.5 Å². The third-order valence-corrected chi connectivity index (χ3v) is 1.32. The highest BCUT2D eigenvalue weighted by Gasteiger charge is 1.87. The Morgan fingerprint density at radius 2 is 2.00 bits per heavy atom. The lowest BCUT2D eigenvalue weighted by molar-refractivity contribution is 0.752. The van der Waals surface area contributed by atoms with E-state index in [9.17, 15) is 0 Å². The third kappa shape index (κ3) is 14.1. The van der Waals surface area contributed by atoms with Gasteiger partial charge in [-0.1, -0.05) is 6.08 Å². The molecule has 0 rings (SSSR count). The van der Waals surface area contributed by atoms with E-state index in [1.165, 1.54) is 0 Å². The molecule has 0 bridgehead atoms. The predicted molar refractivity (Wildman–Crippen MR) is 67.5 cm³/mol. The summed E-state index contributed by atoms with van der Waals surface area (Å²) in [5, 5.41) is 2.89. The fourth-order valence-corrected chi connectivity index (χ4v) is 0.688. The Balaban J connectivity index is -0.000000605. The largest absolute Gasteiger partial charge is 0.370 e. The zero-order valence-corrected chi connectivity index (χ0v) is 9.87. The van der Waals surface area contributed by atoms with E-state index in [1.54, 1.807) is 6.08 Å². The normalized spacial score (nSPS) is 9.64. The quantitative estimate of drug-likeness (QED) is 0.277. The number of nitrogens with one attached hydrogen (secondary N) is 1. The first-order valence-electron chi connectivity index (χ1n) is 4.16. The lowest BCUT2D eigenvalue weighted by Crippen LogP contribution is -2.31. The van der Waals surface area contributed by atoms with E-state index in [-0.39, 0.29) is 24.8 Å². The van der Waals surface area contributed by atoms with Crippen LogP contribution in [-0.4, -0.2) is 25.6 Å². The number of nitrogens with two attached hydrogens (primary N) is 2. The number of hydrogen-bond acceptors (Lipinski definition) is 2. The summed E-state index contributed by atoms with van der Waals surface area (Å²) in [7, 11) is 0. The van der Waals surface area contributed by atoms with Crippen molar-refractivity contribution >= 4 is 30.8 Å². The van der Waals surface area contributed by atoms with E-state index >= 15 is 0 Å². The molecule has 0 aromatic rings. The number of hydrogen-bond donors (Lipinski definition) is 3. The van der Waals surface area contributed by atoms with Crippen molar-refractivity contribution in [3.63, 3.8) is 0 Å². The minimum Gasteiger partial charge on any atom is -0.370 e. The molecule has 0 spiro atoms. The number of guanidine groups is 1. The van der Waals surface area contributed by atoms with Crippen LogP contribution in [0, 0.1) is 0 Å². The van der Waals surface area contributed by atoms with Crippen molar-refractivity contribution in [3.8, 4) is 0 Å². The van der Waals surface area contributed by atoms with Crippen LogP contribution in [0.3, 0.4) is 0 Å². The van der Waals surface area contributed by atoms with Gasteiger partial charge in [-0.3, -0.25) is 4.99 Å². The summed E-state index contributed by atoms with van der Waals surface area (Å²) in [4.78, 5) is 4.08. The van der Waals surface area contributed by atoms with Gasteiger partial charge < -0.3 is 16.8 Å². The first-order chi connectivity index (χ1) is 5.81. The lowest BCUT2D eigenvalue weighted by Gasteiger charge is -2.01. The molecule has 4 nitrogen and oxygen atoms in total. The molecule has 0 unspecified atom stereocenters. The fraction of sp³-hybridized carbons (Fsp3) is 0.625. The molecular weight excluding hydrogens is 223 g/mol. The van der Waals surface area contributed by atoms with Gasteiger partial charge >= 0.3 is 0 Å². The van der Waals surface area contributed by atoms with Crippen LogP contribution >= 0.6 is 24.8 Å². The van der Waals surface area contributed by atoms with Crippen LogP contribution < -0.4 is 16.8 Å². The molecule has 0 saturated heterocycles. The molecule has 0 amide bonds. The summed E-state index contributed by atoms with van der Waals surface area (Å²) < 4.78 is 0. The Morgan fingerprint density at radius 3 is 2.50 bits per heavy atom. The maximum absolute atomic E-state index is 5.50. The second-order valence-electron chi connectivity index (χ2n) is 2.43. The molecule has 0 aromatic heterocycles. The molecule has 0 aliphatic rings. The van der Waals surface area contributed by atoms with Gasteiger partial charge in [0.15, 0.2) is 5.96 Å². The van der Waals surface area contributed by atoms with Crippen LogP contribution in [0.2, 0.25) is 0 Å². The van der Waals surface area contributed by atoms with Gasteiger partial charge in [-0.15, -0.1) is 31.4 Å². The molecule has 0 aliphatic heterocycles. The van der Waals surface area contributed by atoms with Gasteiger partial charge in [-0.2, -0.15) is 0 Å². The van der Waals surface area contributed by atoms with E-state index in [0.717, 1.165) is 25.9 Å². The number of nitrogens with zero attached hydrogens (tertiary/aromatic N) is 1. The second kappa shape index (κ2) is 15.0. The van der Waals surface area contributed by atoms with Gasteiger partial charge in [0.05, 0.1) is 0 Å². The van der Waals surface area contributed by atoms with Crippen LogP contribution in [0.4, 0.5) is 0 Å². The molecule has 0 heterocycles. The van der Waals surface area contributed by atoms with Crippen LogP contribution in [0.5, 0.6) is 0 Å². The van der Waals surface area contributed by atoms with Gasteiger partial charge in [0.25, 0.3) is 0 Å². The molecule has 6 heteroatoms. The molecule has 0 aromatic carbocycles. The minimum atomic E-state index is 0. The Morgan fingerprint density at radius 1 is 1.36 bits per heavy atom.